The molecule has 0 fully saturated rings. The van der Waals surface area contributed by atoms with E-state index in [-0.39, 0.29) is 11.5 Å². The number of hydrogen-bond acceptors (Lipinski definition) is 3. The molecule has 0 saturated heterocycles. The number of aromatic amines is 2. The summed E-state index contributed by atoms with van der Waals surface area (Å²) in [6.07, 6.45) is 0. The van der Waals surface area contributed by atoms with Crippen molar-refractivity contribution in [3.8, 4) is 11.1 Å². The summed E-state index contributed by atoms with van der Waals surface area (Å²) >= 11 is 5.88. The molecule has 1 aromatic carbocycles. The van der Waals surface area contributed by atoms with Gasteiger partial charge in [-0.1, -0.05) is 23.7 Å². The molecule has 2 aromatic heterocycles. The van der Waals surface area contributed by atoms with E-state index in [0.29, 0.717) is 16.1 Å². The molecule has 0 atom stereocenters. The second-order valence-electron chi connectivity index (χ2n) is 4.31. The summed E-state index contributed by atoms with van der Waals surface area (Å²) in [7, 11) is 0. The number of fused-ring (bicyclic) bond motifs is 1. The average Bonchev–Trinajstić information content (AvgIpc) is 2.66. The topological polar surface area (TPSA) is 87.6 Å². The fraction of sp³-hybridized carbons (Fsp3) is 0.0769. The lowest BCUT2D eigenvalue weighted by Gasteiger charge is -2.01. The zero-order valence-electron chi connectivity index (χ0n) is 10.1. The first-order valence-corrected chi connectivity index (χ1v) is 6.08. The van der Waals surface area contributed by atoms with Crippen LogP contribution in [0.4, 0.5) is 5.95 Å². The largest absolute Gasteiger partial charge is 0.369 e. The number of hydrogen-bond donors (Lipinski definition) is 3. The predicted octanol–water partition coefficient (Wildman–Crippen LogP) is 2.46. The normalized spacial score (nSPS) is 11.1. The zero-order chi connectivity index (χ0) is 13.6. The highest BCUT2D eigenvalue weighted by molar-refractivity contribution is 6.30. The lowest BCUT2D eigenvalue weighted by atomic mass is 10.0. The molecule has 0 aliphatic heterocycles. The molecule has 5 nitrogen and oxygen atoms in total. The molecular formula is C13H11ClN4O. The summed E-state index contributed by atoms with van der Waals surface area (Å²) in [6, 6.07) is 7.31. The standard InChI is InChI=1S/C13H11ClN4O/c1-6-9(7-2-4-8(14)5-3-7)10-11(16-6)17-13(15)18-12(10)19/h2-5H,1H3,(H4,15,16,17,18,19). The number of aromatic nitrogens is 3. The number of anilines is 1. The lowest BCUT2D eigenvalue weighted by Crippen LogP contribution is -2.10. The quantitative estimate of drug-likeness (QED) is 0.637. The molecule has 2 heterocycles. The third kappa shape index (κ3) is 1.88. The predicted molar refractivity (Wildman–Crippen MR) is 76.3 cm³/mol. The second-order valence-corrected chi connectivity index (χ2v) is 4.74. The molecule has 0 spiro atoms. The number of nitrogens with zero attached hydrogens (tertiary/aromatic N) is 1. The van der Waals surface area contributed by atoms with E-state index >= 15 is 0 Å². The van der Waals surface area contributed by atoms with E-state index < -0.39 is 0 Å². The van der Waals surface area contributed by atoms with Gasteiger partial charge in [0.2, 0.25) is 5.95 Å². The summed E-state index contributed by atoms with van der Waals surface area (Å²) in [4.78, 5) is 21.7. The third-order valence-corrected chi connectivity index (χ3v) is 3.25. The van der Waals surface area contributed by atoms with Crippen molar-refractivity contribution in [2.24, 2.45) is 0 Å². The summed E-state index contributed by atoms with van der Waals surface area (Å²) in [5, 5.41) is 1.16. The van der Waals surface area contributed by atoms with E-state index in [4.69, 9.17) is 17.3 Å². The summed E-state index contributed by atoms with van der Waals surface area (Å²) in [5.74, 6) is 0.0985. The van der Waals surface area contributed by atoms with Crippen LogP contribution in [0.5, 0.6) is 0 Å². The SMILES string of the molecule is Cc1[nH]c2nc(N)[nH]c(=O)c2c1-c1ccc(Cl)cc1. The van der Waals surface area contributed by atoms with E-state index in [1.54, 1.807) is 12.1 Å². The van der Waals surface area contributed by atoms with E-state index in [9.17, 15) is 4.79 Å². The van der Waals surface area contributed by atoms with Gasteiger partial charge in [-0.2, -0.15) is 4.98 Å². The first-order valence-electron chi connectivity index (χ1n) is 5.70. The van der Waals surface area contributed by atoms with Gasteiger partial charge in [-0.25, -0.2) is 0 Å². The van der Waals surface area contributed by atoms with Gasteiger partial charge < -0.3 is 10.7 Å². The molecular weight excluding hydrogens is 264 g/mol. The maximum Gasteiger partial charge on any atom is 0.262 e. The fourth-order valence-corrected chi connectivity index (χ4v) is 2.34. The maximum atomic E-state index is 12.1. The minimum absolute atomic E-state index is 0.0985. The minimum Gasteiger partial charge on any atom is -0.369 e. The molecule has 0 aliphatic rings. The van der Waals surface area contributed by atoms with Gasteiger partial charge in [0.1, 0.15) is 5.65 Å². The molecule has 0 saturated carbocycles. The Morgan fingerprint density at radius 2 is 1.89 bits per heavy atom. The van der Waals surface area contributed by atoms with Crippen LogP contribution < -0.4 is 11.3 Å². The molecule has 96 valence electrons. The summed E-state index contributed by atoms with van der Waals surface area (Å²) in [5.41, 5.74) is 8.36. The number of aryl methyl sites for hydroxylation is 1. The van der Waals surface area contributed by atoms with Gasteiger partial charge in [0.15, 0.2) is 0 Å². The molecule has 0 amide bonds. The van der Waals surface area contributed by atoms with Gasteiger partial charge in [0, 0.05) is 16.3 Å². The zero-order valence-corrected chi connectivity index (χ0v) is 10.9. The van der Waals surface area contributed by atoms with Crippen molar-refractivity contribution in [1.29, 1.82) is 0 Å². The van der Waals surface area contributed by atoms with Gasteiger partial charge in [0.25, 0.3) is 5.56 Å². The van der Waals surface area contributed by atoms with Crippen molar-refractivity contribution in [1.82, 2.24) is 15.0 Å². The van der Waals surface area contributed by atoms with Crippen molar-refractivity contribution < 1.29 is 0 Å². The van der Waals surface area contributed by atoms with Crippen molar-refractivity contribution in [3.05, 3.63) is 45.3 Å². The van der Waals surface area contributed by atoms with Crippen molar-refractivity contribution in [3.63, 3.8) is 0 Å². The third-order valence-electron chi connectivity index (χ3n) is 3.00. The molecule has 19 heavy (non-hydrogen) atoms. The molecule has 0 bridgehead atoms. The Bertz CT molecular complexity index is 817. The summed E-state index contributed by atoms with van der Waals surface area (Å²) in [6.45, 7) is 1.89. The summed E-state index contributed by atoms with van der Waals surface area (Å²) < 4.78 is 0. The van der Waals surface area contributed by atoms with Crippen LogP contribution in [0.15, 0.2) is 29.1 Å². The molecule has 3 rings (SSSR count). The van der Waals surface area contributed by atoms with Gasteiger partial charge in [-0.15, -0.1) is 0 Å². The number of benzene rings is 1. The van der Waals surface area contributed by atoms with Crippen LogP contribution in [0.25, 0.3) is 22.2 Å². The molecule has 6 heteroatoms. The van der Waals surface area contributed by atoms with E-state index in [1.807, 2.05) is 19.1 Å². The van der Waals surface area contributed by atoms with Gasteiger partial charge in [-0.05, 0) is 24.6 Å². The molecule has 4 N–H and O–H groups in total. The van der Waals surface area contributed by atoms with Gasteiger partial charge in [-0.3, -0.25) is 9.78 Å². The Kier molecular flexibility index (Phi) is 2.57. The van der Waals surface area contributed by atoms with Crippen LogP contribution in [0.1, 0.15) is 5.69 Å². The number of H-pyrrole nitrogens is 2. The maximum absolute atomic E-state index is 12.1. The average molecular weight is 275 g/mol. The lowest BCUT2D eigenvalue weighted by molar-refractivity contribution is 1.17. The van der Waals surface area contributed by atoms with E-state index in [0.717, 1.165) is 16.8 Å². The van der Waals surface area contributed by atoms with Crippen LogP contribution in [0.3, 0.4) is 0 Å². The van der Waals surface area contributed by atoms with Crippen LogP contribution in [-0.4, -0.2) is 15.0 Å². The number of nitrogens with two attached hydrogens (primary N) is 1. The number of nitrogens with one attached hydrogen (secondary N) is 2. The van der Waals surface area contributed by atoms with Crippen molar-refractivity contribution in [2.75, 3.05) is 5.73 Å². The minimum atomic E-state index is -0.253. The smallest absolute Gasteiger partial charge is 0.262 e. The van der Waals surface area contributed by atoms with Gasteiger partial charge >= 0.3 is 0 Å². The molecule has 0 aliphatic carbocycles. The van der Waals surface area contributed by atoms with Crippen LogP contribution in [0.2, 0.25) is 5.02 Å². The monoisotopic (exact) mass is 274 g/mol. The first kappa shape index (κ1) is 11.8. The second kappa shape index (κ2) is 4.13. The Balaban J connectivity index is 2.38. The van der Waals surface area contributed by atoms with E-state index in [2.05, 4.69) is 15.0 Å². The first-order chi connectivity index (χ1) is 9.06. The highest BCUT2D eigenvalue weighted by Crippen LogP contribution is 2.30. The van der Waals surface area contributed by atoms with Crippen LogP contribution in [0, 0.1) is 6.92 Å². The molecule has 0 radical (unpaired) electrons. The van der Waals surface area contributed by atoms with Crippen molar-refractivity contribution in [2.45, 2.75) is 6.92 Å². The Labute approximate surface area is 113 Å². The van der Waals surface area contributed by atoms with E-state index in [1.165, 1.54) is 0 Å². The molecule has 0 unspecified atom stereocenters. The van der Waals surface area contributed by atoms with Crippen molar-refractivity contribution >= 4 is 28.6 Å². The Hall–Kier alpha value is -2.27. The fourth-order valence-electron chi connectivity index (χ4n) is 2.22. The van der Waals surface area contributed by atoms with Crippen LogP contribution in [-0.2, 0) is 0 Å². The Morgan fingerprint density at radius 3 is 2.58 bits per heavy atom. The van der Waals surface area contributed by atoms with Gasteiger partial charge in [0.05, 0.1) is 5.39 Å². The number of nitrogen functional groups attached to an aromatic ring is 1. The highest BCUT2D eigenvalue weighted by atomic mass is 35.5. The molecule has 3 aromatic rings. The number of rotatable bonds is 1. The van der Waals surface area contributed by atoms with Crippen LogP contribution >= 0.6 is 11.6 Å². The Morgan fingerprint density at radius 1 is 1.21 bits per heavy atom. The number of halogens is 1. The highest BCUT2D eigenvalue weighted by Gasteiger charge is 2.15.